The summed E-state index contributed by atoms with van der Waals surface area (Å²) in [4.78, 5) is 17.5. The lowest BCUT2D eigenvalue weighted by molar-refractivity contribution is 0.0938. The van der Waals surface area contributed by atoms with Crippen LogP contribution in [0.2, 0.25) is 0 Å². The van der Waals surface area contributed by atoms with Crippen molar-refractivity contribution in [3.63, 3.8) is 0 Å². The zero-order chi connectivity index (χ0) is 16.4. The van der Waals surface area contributed by atoms with E-state index in [1.807, 2.05) is 6.07 Å². The average Bonchev–Trinajstić information content (AvgIpc) is 3.24. The van der Waals surface area contributed by atoms with Gasteiger partial charge in [0.25, 0.3) is 5.91 Å². The molecular weight excluding hydrogens is 304 g/mol. The van der Waals surface area contributed by atoms with Crippen molar-refractivity contribution in [2.45, 2.75) is 57.4 Å². The molecule has 1 fully saturated rings. The maximum atomic E-state index is 12.4. The fourth-order valence-electron chi connectivity index (χ4n) is 3.03. The van der Waals surface area contributed by atoms with Crippen molar-refractivity contribution in [2.75, 3.05) is 0 Å². The Kier molecular flexibility index (Phi) is 4.53. The number of rotatable bonds is 6. The third-order valence-corrected chi connectivity index (χ3v) is 5.58. The Hall–Kier alpha value is -1.68. The van der Waals surface area contributed by atoms with Crippen molar-refractivity contribution in [3.8, 4) is 0 Å². The van der Waals surface area contributed by atoms with E-state index in [9.17, 15) is 4.79 Å². The first-order valence-corrected chi connectivity index (χ1v) is 9.09. The molecule has 0 aliphatic heterocycles. The molecule has 1 amide bonds. The summed E-state index contributed by atoms with van der Waals surface area (Å²) in [6, 6.07) is 10.6. The summed E-state index contributed by atoms with van der Waals surface area (Å²) in [7, 11) is 0. The van der Waals surface area contributed by atoms with Gasteiger partial charge in [-0.05, 0) is 37.2 Å². The van der Waals surface area contributed by atoms with Gasteiger partial charge in [0.05, 0.1) is 11.2 Å². The van der Waals surface area contributed by atoms with Gasteiger partial charge in [0.1, 0.15) is 4.88 Å². The standard InChI is InChI=1S/C19H24N2OS/c1-13(11-19(2,3)15-7-5-4-6-8-15)21-17(22)16-12-20-18(23-16)14-9-10-14/h4-8,12-14H,9-11H2,1-3H3,(H,21,22). The van der Waals surface area contributed by atoms with Crippen LogP contribution in [0.5, 0.6) is 0 Å². The minimum Gasteiger partial charge on any atom is -0.349 e. The smallest absolute Gasteiger partial charge is 0.263 e. The van der Waals surface area contributed by atoms with Crippen LogP contribution in [0.15, 0.2) is 36.5 Å². The normalized spacial score (nSPS) is 16.1. The molecule has 1 aromatic heterocycles. The Balaban J connectivity index is 1.59. The Morgan fingerprint density at radius 2 is 2.04 bits per heavy atom. The third-order valence-electron chi connectivity index (χ3n) is 4.42. The van der Waals surface area contributed by atoms with E-state index >= 15 is 0 Å². The van der Waals surface area contributed by atoms with Crippen LogP contribution in [0.1, 0.15) is 66.2 Å². The summed E-state index contributed by atoms with van der Waals surface area (Å²) < 4.78 is 0. The summed E-state index contributed by atoms with van der Waals surface area (Å²) >= 11 is 1.54. The first-order chi connectivity index (χ1) is 11.0. The number of amides is 1. The van der Waals surface area contributed by atoms with Crippen LogP contribution in [0.3, 0.4) is 0 Å². The van der Waals surface area contributed by atoms with Crippen LogP contribution in [-0.4, -0.2) is 16.9 Å². The molecule has 1 saturated carbocycles. The number of benzene rings is 1. The van der Waals surface area contributed by atoms with Crippen LogP contribution in [0.4, 0.5) is 0 Å². The van der Waals surface area contributed by atoms with Gasteiger partial charge in [-0.15, -0.1) is 11.3 Å². The number of aromatic nitrogens is 1. The van der Waals surface area contributed by atoms with Crippen molar-refractivity contribution >= 4 is 17.2 Å². The lowest BCUT2D eigenvalue weighted by Gasteiger charge is -2.29. The molecule has 3 rings (SSSR count). The van der Waals surface area contributed by atoms with Gasteiger partial charge in [-0.2, -0.15) is 0 Å². The molecule has 1 unspecified atom stereocenters. The largest absolute Gasteiger partial charge is 0.349 e. The number of thiazole rings is 1. The van der Waals surface area contributed by atoms with Crippen molar-refractivity contribution in [3.05, 3.63) is 52.0 Å². The predicted molar refractivity (Wildman–Crippen MR) is 95.1 cm³/mol. The minimum absolute atomic E-state index is 0.00533. The molecule has 0 bridgehead atoms. The molecule has 4 heteroatoms. The van der Waals surface area contributed by atoms with Crippen molar-refractivity contribution in [2.24, 2.45) is 0 Å². The second-order valence-corrected chi connectivity index (χ2v) is 8.23. The number of hydrogen-bond donors (Lipinski definition) is 1. The number of nitrogens with zero attached hydrogens (tertiary/aromatic N) is 1. The monoisotopic (exact) mass is 328 g/mol. The molecular formula is C19H24N2OS. The lowest BCUT2D eigenvalue weighted by Crippen LogP contribution is -2.36. The number of carbonyl (C=O) groups is 1. The molecule has 1 aliphatic carbocycles. The van der Waals surface area contributed by atoms with Crippen LogP contribution in [0.25, 0.3) is 0 Å². The second kappa shape index (κ2) is 6.44. The zero-order valence-corrected chi connectivity index (χ0v) is 14.8. The highest BCUT2D eigenvalue weighted by atomic mass is 32.1. The van der Waals surface area contributed by atoms with Crippen LogP contribution in [0, 0.1) is 0 Å². The fraction of sp³-hybridized carbons (Fsp3) is 0.474. The van der Waals surface area contributed by atoms with Gasteiger partial charge in [-0.1, -0.05) is 44.2 Å². The molecule has 122 valence electrons. The first-order valence-electron chi connectivity index (χ1n) is 8.28. The van der Waals surface area contributed by atoms with Gasteiger partial charge in [-0.25, -0.2) is 4.98 Å². The molecule has 2 aromatic rings. The van der Waals surface area contributed by atoms with E-state index in [2.05, 4.69) is 55.3 Å². The molecule has 0 saturated heterocycles. The molecule has 1 N–H and O–H groups in total. The van der Waals surface area contributed by atoms with Crippen molar-refractivity contribution < 1.29 is 4.79 Å². The summed E-state index contributed by atoms with van der Waals surface area (Å²) in [5, 5.41) is 4.24. The van der Waals surface area contributed by atoms with Gasteiger partial charge >= 0.3 is 0 Å². The number of carbonyl (C=O) groups excluding carboxylic acids is 1. The molecule has 1 aliphatic rings. The molecule has 1 atom stereocenters. The molecule has 0 spiro atoms. The molecule has 23 heavy (non-hydrogen) atoms. The van der Waals surface area contributed by atoms with E-state index in [4.69, 9.17) is 0 Å². The quantitative estimate of drug-likeness (QED) is 0.848. The highest BCUT2D eigenvalue weighted by Gasteiger charge is 2.28. The number of nitrogens with one attached hydrogen (secondary N) is 1. The van der Waals surface area contributed by atoms with E-state index in [-0.39, 0.29) is 17.4 Å². The Morgan fingerprint density at radius 3 is 2.70 bits per heavy atom. The fourth-order valence-corrected chi connectivity index (χ4v) is 4.02. The van der Waals surface area contributed by atoms with Crippen LogP contribution in [-0.2, 0) is 5.41 Å². The Labute approximate surface area is 142 Å². The van der Waals surface area contributed by atoms with Gasteiger partial charge in [0.15, 0.2) is 0 Å². The Bertz CT molecular complexity index is 674. The molecule has 1 aromatic carbocycles. The van der Waals surface area contributed by atoms with E-state index in [1.165, 1.54) is 18.4 Å². The highest BCUT2D eigenvalue weighted by Crippen LogP contribution is 2.41. The van der Waals surface area contributed by atoms with E-state index < -0.39 is 0 Å². The van der Waals surface area contributed by atoms with Gasteiger partial charge < -0.3 is 5.32 Å². The topological polar surface area (TPSA) is 42.0 Å². The predicted octanol–water partition coefficient (Wildman–Crippen LogP) is 4.51. The zero-order valence-electron chi connectivity index (χ0n) is 14.0. The summed E-state index contributed by atoms with van der Waals surface area (Å²) in [5.74, 6) is 0.613. The maximum Gasteiger partial charge on any atom is 0.263 e. The van der Waals surface area contributed by atoms with Crippen molar-refractivity contribution in [1.29, 1.82) is 0 Å². The van der Waals surface area contributed by atoms with Crippen molar-refractivity contribution in [1.82, 2.24) is 10.3 Å². The van der Waals surface area contributed by atoms with Gasteiger partial charge in [0, 0.05) is 12.0 Å². The number of hydrogen-bond acceptors (Lipinski definition) is 3. The summed E-state index contributed by atoms with van der Waals surface area (Å²) in [6.45, 7) is 6.52. The first kappa shape index (κ1) is 16.2. The maximum absolute atomic E-state index is 12.4. The van der Waals surface area contributed by atoms with Crippen LogP contribution >= 0.6 is 11.3 Å². The summed E-state index contributed by atoms with van der Waals surface area (Å²) in [5.41, 5.74) is 1.33. The SMILES string of the molecule is CC(CC(C)(C)c1ccccc1)NC(=O)c1cnc(C2CC2)s1. The molecule has 1 heterocycles. The van der Waals surface area contributed by atoms with E-state index in [1.54, 1.807) is 17.5 Å². The van der Waals surface area contributed by atoms with E-state index in [0.717, 1.165) is 16.3 Å². The van der Waals surface area contributed by atoms with Gasteiger partial charge in [-0.3, -0.25) is 4.79 Å². The molecule has 0 radical (unpaired) electrons. The highest BCUT2D eigenvalue weighted by molar-refractivity contribution is 7.13. The second-order valence-electron chi connectivity index (χ2n) is 7.17. The third kappa shape index (κ3) is 3.99. The molecule has 3 nitrogen and oxygen atoms in total. The Morgan fingerprint density at radius 1 is 1.35 bits per heavy atom. The average molecular weight is 328 g/mol. The van der Waals surface area contributed by atoms with E-state index in [0.29, 0.717) is 5.92 Å². The minimum atomic E-state index is 0.00533. The van der Waals surface area contributed by atoms with Gasteiger partial charge in [0.2, 0.25) is 0 Å². The lowest BCUT2D eigenvalue weighted by atomic mass is 9.79. The summed E-state index contributed by atoms with van der Waals surface area (Å²) in [6.07, 6.45) is 5.06. The van der Waals surface area contributed by atoms with Crippen LogP contribution < -0.4 is 5.32 Å².